The molecule has 0 atom stereocenters. The molecule has 0 spiro atoms. The quantitative estimate of drug-likeness (QED) is 0.348. The lowest BCUT2D eigenvalue weighted by Crippen LogP contribution is -2.13. The molecule has 1 heterocycles. The van der Waals surface area contributed by atoms with Gasteiger partial charge >= 0.3 is 0 Å². The van der Waals surface area contributed by atoms with Crippen LogP contribution in [0.5, 0.6) is 0 Å². The van der Waals surface area contributed by atoms with Gasteiger partial charge in [-0.2, -0.15) is 0 Å². The second kappa shape index (κ2) is 8.72. The zero-order valence-electron chi connectivity index (χ0n) is 14.9. The third-order valence-electron chi connectivity index (χ3n) is 4.19. The van der Waals surface area contributed by atoms with Gasteiger partial charge in [0, 0.05) is 18.3 Å². The highest BCUT2D eigenvalue weighted by atomic mass is 35.5. The lowest BCUT2D eigenvalue weighted by Gasteiger charge is -2.11. The average molecular weight is 422 g/mol. The molecule has 3 rings (SSSR count). The smallest absolute Gasteiger partial charge is 0.201 e. The lowest BCUT2D eigenvalue weighted by molar-refractivity contribution is 0.103. The molecule has 0 fully saturated rings. The molecular formula is C19H17ClFN3O3S. The van der Waals surface area contributed by atoms with Crippen LogP contribution < -0.4 is 4.72 Å². The molecule has 0 saturated heterocycles. The van der Waals surface area contributed by atoms with Crippen LogP contribution in [0.15, 0.2) is 36.5 Å². The summed E-state index contributed by atoms with van der Waals surface area (Å²) in [4.78, 5) is 21.5. The van der Waals surface area contributed by atoms with Crippen LogP contribution in [0.4, 0.5) is 4.39 Å². The molecule has 146 valence electrons. The van der Waals surface area contributed by atoms with Crippen LogP contribution in [-0.4, -0.2) is 30.7 Å². The number of benzene rings is 2. The Bertz CT molecular complexity index is 1130. The number of aryl methyl sites for hydroxylation is 2. The third kappa shape index (κ3) is 4.52. The summed E-state index contributed by atoms with van der Waals surface area (Å²) in [6.45, 7) is 2.03. The van der Waals surface area contributed by atoms with Crippen molar-refractivity contribution in [2.75, 3.05) is 6.54 Å². The van der Waals surface area contributed by atoms with Gasteiger partial charge in [0.05, 0.1) is 27.3 Å². The van der Waals surface area contributed by atoms with Crippen molar-refractivity contribution in [1.82, 2.24) is 14.7 Å². The molecule has 1 aromatic heterocycles. The highest BCUT2D eigenvalue weighted by Crippen LogP contribution is 2.28. The fraction of sp³-hybridized carbons (Fsp3) is 0.211. The van der Waals surface area contributed by atoms with Crippen molar-refractivity contribution in [1.29, 1.82) is 0 Å². The number of nitrogens with zero attached hydrogens (tertiary/aromatic N) is 2. The number of hydrogen-bond acceptors (Lipinski definition) is 5. The van der Waals surface area contributed by atoms with Gasteiger partial charge in [0.2, 0.25) is 10.9 Å². The van der Waals surface area contributed by atoms with Gasteiger partial charge in [0.25, 0.3) is 0 Å². The van der Waals surface area contributed by atoms with E-state index in [0.717, 1.165) is 0 Å². The van der Waals surface area contributed by atoms with E-state index in [-0.39, 0.29) is 22.7 Å². The Morgan fingerprint density at radius 2 is 2.00 bits per heavy atom. The number of ketones is 1. The number of nitrogens with one attached hydrogen (secondary N) is 1. The Hall–Kier alpha value is -2.42. The topological polar surface area (TPSA) is 89.0 Å². The molecule has 0 unspecified atom stereocenters. The SMILES string of the molecule is Cc1cnc2ccc(C(=O)c3c(F)ccc(CCCN[SH](=O)=O)c3Cl)cc2n1. The number of hydrogen-bond donors (Lipinski definition) is 2. The maximum Gasteiger partial charge on any atom is 0.201 e. The van der Waals surface area contributed by atoms with E-state index in [0.29, 0.717) is 35.1 Å². The average Bonchev–Trinajstić information content (AvgIpc) is 2.65. The van der Waals surface area contributed by atoms with Crippen molar-refractivity contribution in [3.05, 3.63) is 69.8 Å². The summed E-state index contributed by atoms with van der Waals surface area (Å²) in [6, 6.07) is 7.48. The molecule has 0 radical (unpaired) electrons. The Morgan fingerprint density at radius 3 is 2.75 bits per heavy atom. The lowest BCUT2D eigenvalue weighted by atomic mass is 9.98. The van der Waals surface area contributed by atoms with Crippen molar-refractivity contribution in [3.8, 4) is 0 Å². The first-order valence-electron chi connectivity index (χ1n) is 8.49. The first-order valence-corrected chi connectivity index (χ1v) is 10.0. The van der Waals surface area contributed by atoms with Crippen molar-refractivity contribution >= 4 is 39.3 Å². The number of halogens is 2. The van der Waals surface area contributed by atoms with Crippen molar-refractivity contribution in [3.63, 3.8) is 0 Å². The molecule has 6 nitrogen and oxygen atoms in total. The minimum atomic E-state index is -2.67. The standard InChI is InChI=1S/C19H17ClFN3O3S/c1-11-10-22-15-7-5-13(9-16(15)24-11)19(25)17-14(21)6-4-12(18(17)20)3-2-8-23-28(26)27/h4-7,9-10,28H,2-3,8H2,1H3,(H,23,26,27). The fourth-order valence-electron chi connectivity index (χ4n) is 2.84. The summed E-state index contributed by atoms with van der Waals surface area (Å²) in [5, 5.41) is 0.0342. The zero-order chi connectivity index (χ0) is 20.3. The minimum Gasteiger partial charge on any atom is -0.288 e. The van der Waals surface area contributed by atoms with Gasteiger partial charge in [-0.15, -0.1) is 0 Å². The van der Waals surface area contributed by atoms with E-state index in [2.05, 4.69) is 14.7 Å². The van der Waals surface area contributed by atoms with Gasteiger partial charge in [-0.05, 0) is 49.6 Å². The van der Waals surface area contributed by atoms with Crippen LogP contribution in [0.25, 0.3) is 11.0 Å². The van der Waals surface area contributed by atoms with Gasteiger partial charge in [-0.1, -0.05) is 17.7 Å². The maximum atomic E-state index is 14.4. The van der Waals surface area contributed by atoms with Crippen LogP contribution in [0.1, 0.15) is 33.6 Å². The predicted octanol–water partition coefficient (Wildman–Crippen LogP) is 3.01. The summed E-state index contributed by atoms with van der Waals surface area (Å²) < 4.78 is 37.8. The molecule has 0 saturated carbocycles. The second-order valence-corrected chi connectivity index (χ2v) is 7.42. The molecule has 0 aliphatic heterocycles. The first kappa shape index (κ1) is 20.3. The van der Waals surface area contributed by atoms with Crippen molar-refractivity contribution < 1.29 is 17.6 Å². The molecule has 2 aromatic carbocycles. The van der Waals surface area contributed by atoms with Gasteiger partial charge in [0.15, 0.2) is 5.78 Å². The number of fused-ring (bicyclic) bond motifs is 1. The molecule has 28 heavy (non-hydrogen) atoms. The Kier molecular flexibility index (Phi) is 6.33. The number of carbonyl (C=O) groups is 1. The molecule has 0 aliphatic rings. The summed E-state index contributed by atoms with van der Waals surface area (Å²) in [5.41, 5.74) is 2.50. The Labute approximate surface area is 167 Å². The van der Waals surface area contributed by atoms with E-state index in [1.165, 1.54) is 12.1 Å². The van der Waals surface area contributed by atoms with E-state index in [4.69, 9.17) is 11.6 Å². The van der Waals surface area contributed by atoms with E-state index < -0.39 is 22.5 Å². The molecule has 0 amide bonds. The Morgan fingerprint density at radius 1 is 1.21 bits per heavy atom. The van der Waals surface area contributed by atoms with Gasteiger partial charge in [-0.25, -0.2) is 22.5 Å². The fourth-order valence-corrected chi connectivity index (χ4v) is 3.51. The molecular weight excluding hydrogens is 405 g/mol. The highest BCUT2D eigenvalue weighted by molar-refractivity contribution is 7.70. The van der Waals surface area contributed by atoms with E-state index in [1.54, 1.807) is 31.3 Å². The normalized spacial score (nSPS) is 11.3. The number of thiol groups is 1. The largest absolute Gasteiger partial charge is 0.288 e. The number of rotatable bonds is 7. The molecule has 0 aliphatic carbocycles. The monoisotopic (exact) mass is 421 g/mol. The van der Waals surface area contributed by atoms with Crippen LogP contribution >= 0.6 is 11.6 Å². The van der Waals surface area contributed by atoms with Crippen LogP contribution in [0.3, 0.4) is 0 Å². The second-order valence-electron chi connectivity index (χ2n) is 6.21. The predicted molar refractivity (Wildman–Crippen MR) is 106 cm³/mol. The van der Waals surface area contributed by atoms with Gasteiger partial charge < -0.3 is 0 Å². The van der Waals surface area contributed by atoms with Crippen LogP contribution in [0.2, 0.25) is 5.02 Å². The first-order chi connectivity index (χ1) is 13.4. The molecule has 1 N–H and O–H groups in total. The van der Waals surface area contributed by atoms with Crippen molar-refractivity contribution in [2.45, 2.75) is 19.8 Å². The number of aromatic nitrogens is 2. The third-order valence-corrected chi connectivity index (χ3v) is 5.10. The van der Waals surface area contributed by atoms with E-state index >= 15 is 0 Å². The van der Waals surface area contributed by atoms with Gasteiger partial charge in [0.1, 0.15) is 5.82 Å². The zero-order valence-corrected chi connectivity index (χ0v) is 16.6. The molecule has 9 heteroatoms. The van der Waals surface area contributed by atoms with Crippen molar-refractivity contribution in [2.24, 2.45) is 0 Å². The van der Waals surface area contributed by atoms with E-state index in [9.17, 15) is 17.6 Å². The van der Waals surface area contributed by atoms with E-state index in [1.807, 2.05) is 0 Å². The summed E-state index contributed by atoms with van der Waals surface area (Å²) >= 11 is 6.32. The molecule has 3 aromatic rings. The van der Waals surface area contributed by atoms with Gasteiger partial charge in [-0.3, -0.25) is 9.78 Å². The maximum absolute atomic E-state index is 14.4. The number of carbonyl (C=O) groups excluding carboxylic acids is 1. The highest BCUT2D eigenvalue weighted by Gasteiger charge is 2.21. The Balaban J connectivity index is 1.91. The summed E-state index contributed by atoms with van der Waals surface area (Å²) in [7, 11) is -2.67. The summed E-state index contributed by atoms with van der Waals surface area (Å²) in [5.74, 6) is -1.26. The van der Waals surface area contributed by atoms with Crippen LogP contribution in [-0.2, 0) is 17.3 Å². The van der Waals surface area contributed by atoms with Crippen LogP contribution in [0, 0.1) is 12.7 Å². The molecule has 0 bridgehead atoms. The summed E-state index contributed by atoms with van der Waals surface area (Å²) in [6.07, 6.45) is 2.49. The minimum absolute atomic E-state index is 0.0342.